The van der Waals surface area contributed by atoms with E-state index < -0.39 is 12.1 Å². The zero-order valence-electron chi connectivity index (χ0n) is 10.5. The minimum absolute atomic E-state index is 0.188. The number of carbonyl (C=O) groups is 1. The van der Waals surface area contributed by atoms with Crippen molar-refractivity contribution in [3.8, 4) is 11.5 Å². The van der Waals surface area contributed by atoms with Crippen molar-refractivity contribution in [2.75, 3.05) is 0 Å². The van der Waals surface area contributed by atoms with Gasteiger partial charge in [0.15, 0.2) is 6.10 Å². The summed E-state index contributed by atoms with van der Waals surface area (Å²) >= 11 is 0. The summed E-state index contributed by atoms with van der Waals surface area (Å²) in [6.07, 6.45) is -0.910. The van der Waals surface area contributed by atoms with E-state index in [1.165, 1.54) is 13.0 Å². The maximum absolute atomic E-state index is 10.7. The molecular formula is C13H18O4. The average molecular weight is 238 g/mol. The number of aromatic hydroxyl groups is 1. The van der Waals surface area contributed by atoms with Crippen LogP contribution in [0.4, 0.5) is 0 Å². The molecule has 0 radical (unpaired) electrons. The van der Waals surface area contributed by atoms with Gasteiger partial charge in [-0.05, 0) is 30.5 Å². The highest BCUT2D eigenvalue weighted by Crippen LogP contribution is 2.33. The molecule has 0 amide bonds. The third kappa shape index (κ3) is 3.37. The van der Waals surface area contributed by atoms with E-state index in [9.17, 15) is 9.90 Å². The highest BCUT2D eigenvalue weighted by Gasteiger charge is 2.20. The van der Waals surface area contributed by atoms with Gasteiger partial charge in [-0.3, -0.25) is 0 Å². The molecule has 0 aliphatic rings. The number of benzene rings is 1. The van der Waals surface area contributed by atoms with Crippen LogP contribution < -0.4 is 4.74 Å². The van der Waals surface area contributed by atoms with Crippen molar-refractivity contribution in [1.29, 1.82) is 0 Å². The quantitative estimate of drug-likeness (QED) is 0.849. The fourth-order valence-electron chi connectivity index (χ4n) is 1.44. The average Bonchev–Trinajstić information content (AvgIpc) is 2.19. The van der Waals surface area contributed by atoms with Crippen LogP contribution in [0.25, 0.3) is 0 Å². The Kier molecular flexibility index (Phi) is 3.66. The summed E-state index contributed by atoms with van der Waals surface area (Å²) in [6.45, 7) is 7.36. The van der Waals surface area contributed by atoms with Crippen molar-refractivity contribution in [1.82, 2.24) is 0 Å². The number of hydrogen-bond acceptors (Lipinski definition) is 3. The lowest BCUT2D eigenvalue weighted by Gasteiger charge is -2.21. The molecule has 1 aromatic rings. The van der Waals surface area contributed by atoms with Gasteiger partial charge >= 0.3 is 5.97 Å². The summed E-state index contributed by atoms with van der Waals surface area (Å²) in [7, 11) is 0. The molecule has 4 heteroatoms. The maximum atomic E-state index is 10.7. The smallest absolute Gasteiger partial charge is 0.344 e. The monoisotopic (exact) mass is 238 g/mol. The van der Waals surface area contributed by atoms with Crippen LogP contribution in [0.5, 0.6) is 11.5 Å². The number of rotatable bonds is 3. The molecule has 2 N–H and O–H groups in total. The van der Waals surface area contributed by atoms with Crippen molar-refractivity contribution >= 4 is 5.97 Å². The van der Waals surface area contributed by atoms with Crippen molar-refractivity contribution in [3.05, 3.63) is 23.8 Å². The van der Waals surface area contributed by atoms with Crippen LogP contribution in [-0.4, -0.2) is 22.3 Å². The molecule has 17 heavy (non-hydrogen) atoms. The van der Waals surface area contributed by atoms with Gasteiger partial charge in [0.2, 0.25) is 0 Å². The molecule has 0 bridgehead atoms. The molecule has 0 aliphatic carbocycles. The number of aliphatic carboxylic acids is 1. The lowest BCUT2D eigenvalue weighted by Crippen LogP contribution is -2.23. The Labute approximate surface area is 101 Å². The Balaban J connectivity index is 3.01. The van der Waals surface area contributed by atoms with E-state index in [-0.39, 0.29) is 11.2 Å². The fraction of sp³-hybridized carbons (Fsp3) is 0.462. The lowest BCUT2D eigenvalue weighted by atomic mass is 9.86. The second-order valence-electron chi connectivity index (χ2n) is 5.03. The predicted octanol–water partition coefficient (Wildman–Crippen LogP) is 2.54. The summed E-state index contributed by atoms with van der Waals surface area (Å²) in [6, 6.07) is 4.75. The number of hydrogen-bond donors (Lipinski definition) is 2. The Morgan fingerprint density at radius 2 is 1.94 bits per heavy atom. The molecule has 0 saturated carbocycles. The largest absolute Gasteiger partial charge is 0.508 e. The number of phenols is 1. The summed E-state index contributed by atoms with van der Waals surface area (Å²) < 4.78 is 5.26. The van der Waals surface area contributed by atoms with Gasteiger partial charge in [0, 0.05) is 5.56 Å². The van der Waals surface area contributed by atoms with Crippen LogP contribution in [0.15, 0.2) is 18.2 Å². The Morgan fingerprint density at radius 3 is 2.41 bits per heavy atom. The topological polar surface area (TPSA) is 66.8 Å². The van der Waals surface area contributed by atoms with Gasteiger partial charge in [-0.1, -0.05) is 20.8 Å². The van der Waals surface area contributed by atoms with Crippen LogP contribution >= 0.6 is 0 Å². The normalized spacial score (nSPS) is 13.2. The molecule has 0 aromatic heterocycles. The van der Waals surface area contributed by atoms with E-state index in [2.05, 4.69) is 0 Å². The zero-order chi connectivity index (χ0) is 13.2. The molecule has 1 unspecified atom stereocenters. The number of ether oxygens (including phenoxy) is 1. The molecule has 94 valence electrons. The van der Waals surface area contributed by atoms with Gasteiger partial charge < -0.3 is 14.9 Å². The van der Waals surface area contributed by atoms with Gasteiger partial charge in [0.05, 0.1) is 0 Å². The summed E-state index contributed by atoms with van der Waals surface area (Å²) in [5.41, 5.74) is 0.503. The zero-order valence-corrected chi connectivity index (χ0v) is 10.5. The van der Waals surface area contributed by atoms with Crippen molar-refractivity contribution in [3.63, 3.8) is 0 Å². The number of carboxylic acids is 1. The minimum Gasteiger partial charge on any atom is -0.508 e. The van der Waals surface area contributed by atoms with E-state index in [0.29, 0.717) is 5.75 Å². The minimum atomic E-state index is -1.02. The first kappa shape index (κ1) is 13.4. The molecule has 0 fully saturated rings. The van der Waals surface area contributed by atoms with Crippen LogP contribution in [-0.2, 0) is 10.2 Å². The number of phenolic OH excluding ortho intramolecular Hbond substituents is 1. The van der Waals surface area contributed by atoms with Crippen LogP contribution in [0.2, 0.25) is 0 Å². The molecule has 1 atom stereocenters. The van der Waals surface area contributed by atoms with Gasteiger partial charge in [-0.25, -0.2) is 4.79 Å². The Bertz CT molecular complexity index is 418. The molecule has 1 aromatic carbocycles. The van der Waals surface area contributed by atoms with Crippen LogP contribution in [0.1, 0.15) is 33.3 Å². The summed E-state index contributed by atoms with van der Waals surface area (Å²) in [4.78, 5) is 10.7. The standard InChI is InChI=1S/C13H18O4/c1-8(12(15)16)17-9-5-6-11(14)10(7-9)13(2,3)4/h5-8,14H,1-4H3,(H,15,16). The van der Waals surface area contributed by atoms with E-state index in [1.807, 2.05) is 20.8 Å². The van der Waals surface area contributed by atoms with Crippen molar-refractivity contribution in [2.45, 2.75) is 39.2 Å². The molecule has 0 saturated heterocycles. The van der Waals surface area contributed by atoms with Gasteiger partial charge in [-0.2, -0.15) is 0 Å². The second kappa shape index (κ2) is 4.65. The first-order valence-corrected chi connectivity index (χ1v) is 5.45. The third-order valence-corrected chi connectivity index (χ3v) is 2.44. The Hall–Kier alpha value is -1.71. The molecule has 0 spiro atoms. The van der Waals surface area contributed by atoms with Gasteiger partial charge in [0.25, 0.3) is 0 Å². The molecule has 4 nitrogen and oxygen atoms in total. The Morgan fingerprint density at radius 1 is 1.35 bits per heavy atom. The van der Waals surface area contributed by atoms with E-state index in [0.717, 1.165) is 5.56 Å². The van der Waals surface area contributed by atoms with E-state index in [1.54, 1.807) is 12.1 Å². The van der Waals surface area contributed by atoms with Gasteiger partial charge in [0.1, 0.15) is 11.5 Å². The predicted molar refractivity (Wildman–Crippen MR) is 64.5 cm³/mol. The van der Waals surface area contributed by atoms with E-state index in [4.69, 9.17) is 9.84 Å². The maximum Gasteiger partial charge on any atom is 0.344 e. The summed E-state index contributed by atoms with van der Waals surface area (Å²) in [5.74, 6) is -0.383. The number of carboxylic acid groups (broad SMARTS) is 1. The first-order valence-electron chi connectivity index (χ1n) is 5.45. The van der Waals surface area contributed by atoms with Gasteiger partial charge in [-0.15, -0.1) is 0 Å². The fourth-order valence-corrected chi connectivity index (χ4v) is 1.44. The van der Waals surface area contributed by atoms with Crippen LogP contribution in [0, 0.1) is 0 Å². The SMILES string of the molecule is CC(Oc1ccc(O)c(C(C)(C)C)c1)C(=O)O. The summed E-state index contributed by atoms with van der Waals surface area (Å²) in [5, 5.41) is 18.5. The molecule has 0 heterocycles. The van der Waals surface area contributed by atoms with E-state index >= 15 is 0 Å². The lowest BCUT2D eigenvalue weighted by molar-refractivity contribution is -0.144. The molecular weight excluding hydrogens is 220 g/mol. The molecule has 0 aliphatic heterocycles. The highest BCUT2D eigenvalue weighted by atomic mass is 16.5. The third-order valence-electron chi connectivity index (χ3n) is 2.44. The van der Waals surface area contributed by atoms with Crippen molar-refractivity contribution < 1.29 is 19.7 Å². The van der Waals surface area contributed by atoms with Crippen molar-refractivity contribution in [2.24, 2.45) is 0 Å². The highest BCUT2D eigenvalue weighted by molar-refractivity contribution is 5.72. The second-order valence-corrected chi connectivity index (χ2v) is 5.03. The molecule has 1 rings (SSSR count). The van der Waals surface area contributed by atoms with Crippen LogP contribution in [0.3, 0.4) is 0 Å². The first-order chi connectivity index (χ1) is 7.71.